The van der Waals surface area contributed by atoms with E-state index in [1.165, 1.54) is 24.3 Å². The summed E-state index contributed by atoms with van der Waals surface area (Å²) in [5.41, 5.74) is 0.182. The smallest absolute Gasteiger partial charge is 0.421 e. The third kappa shape index (κ3) is 3.36. The summed E-state index contributed by atoms with van der Waals surface area (Å²) in [6, 6.07) is 5.23. The number of nitro benzene ring substituents is 1. The molecule has 2 rings (SSSR count). The van der Waals surface area contributed by atoms with Gasteiger partial charge in [0.25, 0.3) is 5.69 Å². The van der Waals surface area contributed by atoms with Crippen LogP contribution in [0.5, 0.6) is 0 Å². The van der Waals surface area contributed by atoms with Crippen LogP contribution in [0.25, 0.3) is 0 Å². The van der Waals surface area contributed by atoms with E-state index in [1.54, 1.807) is 0 Å². The highest BCUT2D eigenvalue weighted by Gasteiger charge is 2.34. The normalized spacial score (nSPS) is 18.5. The Morgan fingerprint density at radius 2 is 2.00 bits per heavy atom. The lowest BCUT2D eigenvalue weighted by atomic mass is 10.1. The second-order valence-electron chi connectivity index (χ2n) is 4.85. The van der Waals surface area contributed by atoms with Crippen LogP contribution in [0.1, 0.15) is 32.6 Å². The number of nitro groups is 1. The van der Waals surface area contributed by atoms with Crippen LogP contribution < -0.4 is 4.90 Å². The molecule has 1 aromatic rings. The Morgan fingerprint density at radius 3 is 2.52 bits per heavy atom. The zero-order valence-corrected chi connectivity index (χ0v) is 11.7. The Labute approximate surface area is 121 Å². The number of unbranched alkanes of at least 4 members (excludes halogenated alkanes) is 1. The SMILES string of the molecule is CCCCC1CC(=O)N(c2ccc([N+](=O)[O-])cc2)C(=O)O1. The lowest BCUT2D eigenvalue weighted by Gasteiger charge is -2.30. The van der Waals surface area contributed by atoms with Crippen LogP contribution in [0.15, 0.2) is 24.3 Å². The van der Waals surface area contributed by atoms with Crippen LogP contribution in [-0.2, 0) is 9.53 Å². The van der Waals surface area contributed by atoms with Gasteiger partial charge in [-0.1, -0.05) is 19.8 Å². The van der Waals surface area contributed by atoms with E-state index in [-0.39, 0.29) is 29.8 Å². The number of carbonyl (C=O) groups is 2. The van der Waals surface area contributed by atoms with Crippen molar-refractivity contribution < 1.29 is 19.2 Å². The molecular weight excluding hydrogens is 276 g/mol. The van der Waals surface area contributed by atoms with E-state index in [1.807, 2.05) is 6.92 Å². The Balaban J connectivity index is 2.12. The van der Waals surface area contributed by atoms with Crippen molar-refractivity contribution in [1.29, 1.82) is 0 Å². The van der Waals surface area contributed by atoms with E-state index in [0.717, 1.165) is 17.7 Å². The number of hydrogen-bond acceptors (Lipinski definition) is 5. The second-order valence-corrected chi connectivity index (χ2v) is 4.85. The number of imide groups is 1. The predicted octanol–water partition coefficient (Wildman–Crippen LogP) is 3.03. The van der Waals surface area contributed by atoms with Gasteiger partial charge in [-0.15, -0.1) is 0 Å². The average Bonchev–Trinajstić information content (AvgIpc) is 2.45. The number of cyclic esters (lactones) is 1. The average molecular weight is 292 g/mol. The largest absolute Gasteiger partial charge is 0.445 e. The van der Waals surface area contributed by atoms with Crippen molar-refractivity contribution in [3.63, 3.8) is 0 Å². The maximum atomic E-state index is 12.1. The van der Waals surface area contributed by atoms with Crippen molar-refractivity contribution in [2.24, 2.45) is 0 Å². The van der Waals surface area contributed by atoms with Crippen LogP contribution in [0.4, 0.5) is 16.2 Å². The minimum absolute atomic E-state index is 0.0996. The lowest BCUT2D eigenvalue weighted by molar-refractivity contribution is -0.384. The van der Waals surface area contributed by atoms with Crippen molar-refractivity contribution in [1.82, 2.24) is 0 Å². The number of anilines is 1. The first-order valence-corrected chi connectivity index (χ1v) is 6.81. The van der Waals surface area contributed by atoms with E-state index in [4.69, 9.17) is 4.74 Å². The number of carbonyl (C=O) groups excluding carboxylic acids is 2. The molecule has 0 spiro atoms. The molecule has 7 nitrogen and oxygen atoms in total. The molecule has 1 saturated heterocycles. The Kier molecular flexibility index (Phi) is 4.52. The first-order chi connectivity index (χ1) is 10.0. The third-order valence-corrected chi connectivity index (χ3v) is 3.30. The van der Waals surface area contributed by atoms with Gasteiger partial charge < -0.3 is 4.74 Å². The summed E-state index contributed by atoms with van der Waals surface area (Å²) in [6.07, 6.45) is 1.57. The molecule has 0 N–H and O–H groups in total. The number of benzene rings is 1. The summed E-state index contributed by atoms with van der Waals surface area (Å²) >= 11 is 0. The van der Waals surface area contributed by atoms with Crippen molar-refractivity contribution in [2.75, 3.05) is 4.90 Å². The van der Waals surface area contributed by atoms with Crippen LogP contribution in [0.3, 0.4) is 0 Å². The van der Waals surface area contributed by atoms with Crippen molar-refractivity contribution in [3.05, 3.63) is 34.4 Å². The Hall–Kier alpha value is -2.44. The van der Waals surface area contributed by atoms with E-state index in [2.05, 4.69) is 0 Å². The summed E-state index contributed by atoms with van der Waals surface area (Å²) < 4.78 is 5.24. The summed E-state index contributed by atoms with van der Waals surface area (Å²) in [7, 11) is 0. The lowest BCUT2D eigenvalue weighted by Crippen LogP contribution is -2.46. The molecule has 1 atom stereocenters. The second kappa shape index (κ2) is 6.34. The Morgan fingerprint density at radius 1 is 1.33 bits per heavy atom. The quantitative estimate of drug-likeness (QED) is 0.614. The first kappa shape index (κ1) is 15.0. The standard InChI is InChI=1S/C14H16N2O5/c1-2-3-4-12-9-13(17)15(14(18)21-12)10-5-7-11(8-6-10)16(19)20/h5-8,12H,2-4,9H2,1H3. The topological polar surface area (TPSA) is 89.8 Å². The summed E-state index contributed by atoms with van der Waals surface area (Å²) in [6.45, 7) is 2.02. The molecule has 21 heavy (non-hydrogen) atoms. The minimum atomic E-state index is -0.721. The van der Waals surface area contributed by atoms with Gasteiger partial charge in [0.1, 0.15) is 6.10 Å². The van der Waals surface area contributed by atoms with E-state index in [9.17, 15) is 19.7 Å². The molecule has 1 aliphatic heterocycles. The number of nitrogens with zero attached hydrogens (tertiary/aromatic N) is 2. The fraction of sp³-hybridized carbons (Fsp3) is 0.429. The van der Waals surface area contributed by atoms with E-state index in [0.29, 0.717) is 6.42 Å². The highest BCUT2D eigenvalue weighted by Crippen LogP contribution is 2.26. The fourth-order valence-corrected chi connectivity index (χ4v) is 2.19. The molecule has 0 aliphatic carbocycles. The molecule has 1 fully saturated rings. The van der Waals surface area contributed by atoms with Crippen molar-refractivity contribution >= 4 is 23.4 Å². The van der Waals surface area contributed by atoms with Crippen LogP contribution >= 0.6 is 0 Å². The van der Waals surface area contributed by atoms with Crippen LogP contribution in [0.2, 0.25) is 0 Å². The molecule has 0 radical (unpaired) electrons. The molecule has 0 saturated carbocycles. The Bertz CT molecular complexity index is 537. The van der Waals surface area contributed by atoms with Gasteiger partial charge in [-0.05, 0) is 18.6 Å². The number of ether oxygens (including phenoxy) is 1. The predicted molar refractivity (Wildman–Crippen MR) is 75.0 cm³/mol. The van der Waals surface area contributed by atoms with Gasteiger partial charge >= 0.3 is 6.09 Å². The number of rotatable bonds is 5. The number of hydrogen-bond donors (Lipinski definition) is 0. The van der Waals surface area contributed by atoms with Crippen LogP contribution in [0, 0.1) is 10.1 Å². The highest BCUT2D eigenvalue weighted by molar-refractivity contribution is 6.13. The first-order valence-electron chi connectivity index (χ1n) is 6.81. The van der Waals surface area contributed by atoms with E-state index < -0.39 is 11.0 Å². The van der Waals surface area contributed by atoms with Gasteiger partial charge in [-0.25, -0.2) is 9.69 Å². The van der Waals surface area contributed by atoms with Crippen molar-refractivity contribution in [3.8, 4) is 0 Å². The molecule has 1 aliphatic rings. The summed E-state index contributed by atoms with van der Waals surface area (Å²) in [5.74, 6) is -0.346. The molecule has 1 aromatic carbocycles. The minimum Gasteiger partial charge on any atom is -0.445 e. The van der Waals surface area contributed by atoms with Gasteiger partial charge in [0.05, 0.1) is 17.0 Å². The molecule has 1 heterocycles. The number of non-ortho nitro benzene ring substituents is 1. The van der Waals surface area contributed by atoms with Gasteiger partial charge in [-0.2, -0.15) is 0 Å². The third-order valence-electron chi connectivity index (χ3n) is 3.30. The zero-order chi connectivity index (χ0) is 15.4. The number of amides is 2. The van der Waals surface area contributed by atoms with Gasteiger partial charge in [0.2, 0.25) is 5.91 Å². The van der Waals surface area contributed by atoms with Crippen LogP contribution in [-0.4, -0.2) is 23.0 Å². The molecule has 112 valence electrons. The summed E-state index contributed by atoms with van der Waals surface area (Å²) in [4.78, 5) is 35.0. The molecule has 7 heteroatoms. The molecular formula is C14H16N2O5. The van der Waals surface area contributed by atoms with Gasteiger partial charge in [0.15, 0.2) is 0 Å². The monoisotopic (exact) mass is 292 g/mol. The van der Waals surface area contributed by atoms with Crippen molar-refractivity contribution in [2.45, 2.75) is 38.7 Å². The maximum Gasteiger partial charge on any atom is 0.421 e. The maximum absolute atomic E-state index is 12.1. The highest BCUT2D eigenvalue weighted by atomic mass is 16.6. The van der Waals surface area contributed by atoms with Gasteiger partial charge in [-0.3, -0.25) is 14.9 Å². The molecule has 0 aromatic heterocycles. The molecule has 1 unspecified atom stereocenters. The zero-order valence-electron chi connectivity index (χ0n) is 11.7. The van der Waals surface area contributed by atoms with E-state index >= 15 is 0 Å². The fourth-order valence-electron chi connectivity index (χ4n) is 2.19. The molecule has 0 bridgehead atoms. The van der Waals surface area contributed by atoms with Gasteiger partial charge in [0, 0.05) is 12.1 Å². The molecule has 2 amide bonds. The summed E-state index contributed by atoms with van der Waals surface area (Å²) in [5, 5.41) is 10.6.